The lowest BCUT2D eigenvalue weighted by atomic mass is 9.79. The summed E-state index contributed by atoms with van der Waals surface area (Å²) >= 11 is 0. The Labute approximate surface area is 202 Å². The molecule has 0 rings (SSSR count). The van der Waals surface area contributed by atoms with Crippen LogP contribution in [0.3, 0.4) is 0 Å². The van der Waals surface area contributed by atoms with Crippen molar-refractivity contribution in [2.45, 2.75) is 64.6 Å². The average molecular weight is 524 g/mol. The first-order chi connectivity index (χ1) is 15.7. The number of ketones is 1. The van der Waals surface area contributed by atoms with Gasteiger partial charge in [0.2, 0.25) is 23.6 Å². The van der Waals surface area contributed by atoms with E-state index in [1.165, 1.54) is 20.8 Å². The maximum Gasteiger partial charge on any atom is 0.309 e. The van der Waals surface area contributed by atoms with Gasteiger partial charge in [-0.3, -0.25) is 33.3 Å². The molecule has 0 fully saturated rings. The van der Waals surface area contributed by atoms with E-state index in [9.17, 15) is 46.8 Å². The fraction of sp³-hybridized carbons (Fsp3) is 0.684. The molecule has 0 saturated heterocycles. The summed E-state index contributed by atoms with van der Waals surface area (Å²) in [5.74, 6) is -6.83. The van der Waals surface area contributed by atoms with E-state index in [0.29, 0.717) is 0 Å². The highest BCUT2D eigenvalue weighted by atomic mass is 32.2. The third kappa shape index (κ3) is 12.2. The second-order valence-corrected chi connectivity index (χ2v) is 10.5. The number of aliphatic carboxylic acids is 1. The zero-order chi connectivity index (χ0) is 27.8. The zero-order valence-corrected chi connectivity index (χ0v) is 20.7. The number of hydrogen-bond donors (Lipinski definition) is 7. The van der Waals surface area contributed by atoms with Gasteiger partial charge in [-0.2, -0.15) is 8.42 Å². The maximum atomic E-state index is 12.7. The number of rotatable bonds is 15. The molecule has 0 aromatic carbocycles. The van der Waals surface area contributed by atoms with Crippen LogP contribution in [-0.2, 0) is 38.9 Å². The minimum Gasteiger partial charge on any atom is -0.481 e. The minimum absolute atomic E-state index is 0.236. The Hall–Kier alpha value is -3.11. The second kappa shape index (κ2) is 12.6. The molecule has 0 aromatic heterocycles. The fourth-order valence-electron chi connectivity index (χ4n) is 2.99. The fourth-order valence-corrected chi connectivity index (χ4v) is 3.65. The average Bonchev–Trinajstić information content (AvgIpc) is 2.66. The Morgan fingerprint density at radius 3 is 1.97 bits per heavy atom. The molecule has 16 heteroatoms. The van der Waals surface area contributed by atoms with Crippen molar-refractivity contribution in [3.8, 4) is 0 Å². The highest BCUT2D eigenvalue weighted by Gasteiger charge is 2.41. The smallest absolute Gasteiger partial charge is 0.309 e. The summed E-state index contributed by atoms with van der Waals surface area (Å²) in [5, 5.41) is 15.7. The Morgan fingerprint density at radius 1 is 1.00 bits per heavy atom. The maximum absolute atomic E-state index is 12.7. The van der Waals surface area contributed by atoms with Crippen LogP contribution in [-0.4, -0.2) is 83.4 Å². The Balaban J connectivity index is 5.55. The van der Waals surface area contributed by atoms with E-state index >= 15 is 0 Å². The molecule has 0 aliphatic heterocycles. The minimum atomic E-state index is -4.81. The first-order valence-corrected chi connectivity index (χ1v) is 11.9. The molecule has 0 aliphatic carbocycles. The predicted octanol–water partition coefficient (Wildman–Crippen LogP) is -2.97. The number of amides is 4. The van der Waals surface area contributed by atoms with E-state index in [1.807, 2.05) is 0 Å². The molecule has 0 spiro atoms. The van der Waals surface area contributed by atoms with E-state index in [2.05, 4.69) is 16.0 Å². The molecule has 3 unspecified atom stereocenters. The van der Waals surface area contributed by atoms with Crippen molar-refractivity contribution in [1.29, 1.82) is 0 Å². The van der Waals surface area contributed by atoms with Crippen LogP contribution in [0.4, 0.5) is 0 Å². The largest absolute Gasteiger partial charge is 0.481 e. The van der Waals surface area contributed by atoms with Crippen LogP contribution in [0.15, 0.2) is 0 Å². The molecule has 0 saturated carbocycles. The number of carboxylic acid groups (broad SMARTS) is 1. The molecule has 3 atom stereocenters. The van der Waals surface area contributed by atoms with Gasteiger partial charge in [0.1, 0.15) is 11.8 Å². The normalized spacial score (nSPS) is 15.1. The SMILES string of the molecule is CC(=O)C(CCC(=O)NCC(N)=O)NC(=O)C(CS(=O)(=O)O)NC(=O)C(C)(N)CC(C)(C)C(=O)O. The molecule has 15 nitrogen and oxygen atoms in total. The molecule has 0 aliphatic rings. The summed E-state index contributed by atoms with van der Waals surface area (Å²) in [6.07, 6.45) is -0.935. The number of carbonyl (C=O) groups excluding carboxylic acids is 5. The van der Waals surface area contributed by atoms with Gasteiger partial charge in [-0.15, -0.1) is 0 Å². The number of nitrogens with two attached hydrogens (primary N) is 2. The summed E-state index contributed by atoms with van der Waals surface area (Å²) in [6, 6.07) is -3.18. The molecule has 35 heavy (non-hydrogen) atoms. The Kier molecular flexibility index (Phi) is 11.4. The molecule has 4 amide bonds. The van der Waals surface area contributed by atoms with E-state index in [0.717, 1.165) is 6.92 Å². The molecule has 0 aromatic rings. The highest BCUT2D eigenvalue weighted by Crippen LogP contribution is 2.27. The quantitative estimate of drug-likeness (QED) is 0.106. The first-order valence-electron chi connectivity index (χ1n) is 10.3. The predicted molar refractivity (Wildman–Crippen MR) is 121 cm³/mol. The number of primary amides is 1. The van der Waals surface area contributed by atoms with E-state index in [-0.39, 0.29) is 12.8 Å². The summed E-state index contributed by atoms with van der Waals surface area (Å²) in [5.41, 5.74) is 7.52. The lowest BCUT2D eigenvalue weighted by molar-refractivity contribution is -0.148. The van der Waals surface area contributed by atoms with Crippen LogP contribution < -0.4 is 27.4 Å². The number of carbonyl (C=O) groups is 6. The molecule has 200 valence electrons. The highest BCUT2D eigenvalue weighted by molar-refractivity contribution is 7.85. The van der Waals surface area contributed by atoms with Gasteiger partial charge in [0.25, 0.3) is 10.1 Å². The summed E-state index contributed by atoms with van der Waals surface area (Å²) in [4.78, 5) is 71.1. The molecule has 0 radical (unpaired) electrons. The van der Waals surface area contributed by atoms with Gasteiger partial charge in [0.15, 0.2) is 5.78 Å². The van der Waals surface area contributed by atoms with Crippen LogP contribution in [0.2, 0.25) is 0 Å². The third-order valence-corrected chi connectivity index (χ3v) is 5.59. The van der Waals surface area contributed by atoms with Gasteiger partial charge >= 0.3 is 5.97 Å². The summed E-state index contributed by atoms with van der Waals surface area (Å²) in [6.45, 7) is 4.46. The lowest BCUT2D eigenvalue weighted by Crippen LogP contribution is -2.61. The summed E-state index contributed by atoms with van der Waals surface area (Å²) < 4.78 is 32.0. The number of carboxylic acids is 1. The molecular weight excluding hydrogens is 490 g/mol. The zero-order valence-electron chi connectivity index (χ0n) is 19.9. The van der Waals surface area contributed by atoms with Crippen molar-refractivity contribution in [1.82, 2.24) is 16.0 Å². The van der Waals surface area contributed by atoms with Crippen LogP contribution >= 0.6 is 0 Å². The molecule has 0 bridgehead atoms. The van der Waals surface area contributed by atoms with Crippen LogP contribution in [0.25, 0.3) is 0 Å². The summed E-state index contributed by atoms with van der Waals surface area (Å²) in [7, 11) is -4.81. The Morgan fingerprint density at radius 2 is 1.54 bits per heavy atom. The third-order valence-electron chi connectivity index (χ3n) is 4.83. The van der Waals surface area contributed by atoms with Crippen LogP contribution in [0.1, 0.15) is 47.0 Å². The Bertz CT molecular complexity index is 961. The van der Waals surface area contributed by atoms with E-state index in [1.54, 1.807) is 0 Å². The van der Waals surface area contributed by atoms with Gasteiger partial charge < -0.3 is 32.5 Å². The van der Waals surface area contributed by atoms with Gasteiger partial charge in [0, 0.05) is 6.42 Å². The monoisotopic (exact) mass is 523 g/mol. The van der Waals surface area contributed by atoms with Gasteiger partial charge in [0.05, 0.1) is 23.5 Å². The van der Waals surface area contributed by atoms with E-state index < -0.39 is 87.3 Å². The topological polar surface area (TPSA) is 265 Å². The first kappa shape index (κ1) is 31.9. The number of hydrogen-bond acceptors (Lipinski definition) is 9. The second-order valence-electron chi connectivity index (χ2n) is 9.01. The number of Topliss-reactive ketones (excluding diaryl/α,β-unsaturated/α-hetero) is 1. The van der Waals surface area contributed by atoms with Crippen LogP contribution in [0, 0.1) is 5.41 Å². The van der Waals surface area contributed by atoms with Gasteiger partial charge in [-0.1, -0.05) is 0 Å². The van der Waals surface area contributed by atoms with Crippen molar-refractivity contribution in [2.24, 2.45) is 16.9 Å². The number of nitrogens with one attached hydrogen (secondary N) is 3. The van der Waals surface area contributed by atoms with Crippen molar-refractivity contribution < 1.29 is 46.8 Å². The van der Waals surface area contributed by atoms with E-state index in [4.69, 9.17) is 11.5 Å². The van der Waals surface area contributed by atoms with Crippen molar-refractivity contribution in [2.75, 3.05) is 12.3 Å². The van der Waals surface area contributed by atoms with Crippen molar-refractivity contribution in [3.05, 3.63) is 0 Å². The molecule has 9 N–H and O–H groups in total. The van der Waals surface area contributed by atoms with Gasteiger partial charge in [-0.25, -0.2) is 0 Å². The lowest BCUT2D eigenvalue weighted by Gasteiger charge is -2.32. The van der Waals surface area contributed by atoms with Gasteiger partial charge in [-0.05, 0) is 40.5 Å². The molecular formula is C19H33N5O10S. The standard InChI is InChI=1S/C19H33N5O10S/c1-10(25)11(5-6-14(27)22-7-13(20)26)23-15(28)12(8-35(32,33)34)24-16(29)19(4,21)9-18(2,3)17(30)31/h11-12H,5-9,21H2,1-4H3,(H2,20,26)(H,22,27)(H,23,28)(H,24,29)(H,30,31)(H,32,33,34). The van der Waals surface area contributed by atoms with Crippen LogP contribution in [0.5, 0.6) is 0 Å². The molecule has 0 heterocycles. The van der Waals surface area contributed by atoms with Crippen molar-refractivity contribution >= 4 is 45.5 Å². The van der Waals surface area contributed by atoms with Crippen molar-refractivity contribution in [3.63, 3.8) is 0 Å².